The highest BCUT2D eigenvalue weighted by molar-refractivity contribution is 5.97. The van der Waals surface area contributed by atoms with Crippen LogP contribution in [-0.2, 0) is 11.0 Å². The second kappa shape index (κ2) is 6.47. The molecule has 1 saturated heterocycles. The summed E-state index contributed by atoms with van der Waals surface area (Å²) in [6.45, 7) is 4.45. The first-order valence-corrected chi connectivity index (χ1v) is 8.65. The summed E-state index contributed by atoms with van der Waals surface area (Å²) in [5.41, 5.74) is 1.46. The van der Waals surface area contributed by atoms with Gasteiger partial charge in [-0.05, 0) is 26.0 Å². The molecule has 0 radical (unpaired) electrons. The van der Waals surface area contributed by atoms with Gasteiger partial charge in [0.15, 0.2) is 5.65 Å². The number of rotatable bonds is 2. The molecule has 0 aliphatic carbocycles. The molecule has 3 aromatic heterocycles. The van der Waals surface area contributed by atoms with Crippen molar-refractivity contribution < 1.29 is 18.0 Å². The number of carbonyl (C=O) groups excluding carboxylic acids is 1. The number of pyridine rings is 1. The number of nitrogens with zero attached hydrogens (tertiary/aromatic N) is 6. The van der Waals surface area contributed by atoms with Crippen LogP contribution in [0.15, 0.2) is 30.5 Å². The van der Waals surface area contributed by atoms with E-state index in [0.717, 1.165) is 29.5 Å². The molecule has 0 saturated carbocycles. The van der Waals surface area contributed by atoms with Crippen LogP contribution in [0.5, 0.6) is 0 Å². The minimum atomic E-state index is -4.56. The molecule has 0 unspecified atom stereocenters. The standard InChI is InChI=1S/C18H17F3N6O/c1-11-8-16(27-15(23-11)7-12(2)24-27)25-5-6-26(17(28)10-25)13-3-4-22-14(9-13)18(19,20)21/h3-4,7-9H,5-6,10H2,1-2H3. The molecule has 3 aromatic rings. The number of fused-ring (bicyclic) bond motifs is 1. The lowest BCUT2D eigenvalue weighted by Gasteiger charge is -2.35. The lowest BCUT2D eigenvalue weighted by Crippen LogP contribution is -2.51. The summed E-state index contributed by atoms with van der Waals surface area (Å²) in [5, 5.41) is 4.42. The van der Waals surface area contributed by atoms with Gasteiger partial charge < -0.3 is 9.80 Å². The second-order valence-corrected chi connectivity index (χ2v) is 6.68. The van der Waals surface area contributed by atoms with Crippen molar-refractivity contribution in [1.29, 1.82) is 0 Å². The van der Waals surface area contributed by atoms with E-state index in [1.165, 1.54) is 11.0 Å². The maximum Gasteiger partial charge on any atom is 0.433 e. The Balaban J connectivity index is 1.61. The van der Waals surface area contributed by atoms with Gasteiger partial charge in [-0.25, -0.2) is 4.98 Å². The summed E-state index contributed by atoms with van der Waals surface area (Å²) in [7, 11) is 0. The summed E-state index contributed by atoms with van der Waals surface area (Å²) in [4.78, 5) is 23.7. The molecule has 4 heterocycles. The van der Waals surface area contributed by atoms with E-state index in [2.05, 4.69) is 15.1 Å². The molecular formula is C18H17F3N6O. The second-order valence-electron chi connectivity index (χ2n) is 6.68. The molecule has 146 valence electrons. The minimum Gasteiger partial charge on any atom is -0.345 e. The van der Waals surface area contributed by atoms with E-state index < -0.39 is 11.9 Å². The molecule has 7 nitrogen and oxygen atoms in total. The Bertz CT molecular complexity index is 1060. The predicted molar refractivity (Wildman–Crippen MR) is 96.3 cm³/mol. The third-order valence-electron chi connectivity index (χ3n) is 4.55. The van der Waals surface area contributed by atoms with Gasteiger partial charge in [-0.15, -0.1) is 0 Å². The van der Waals surface area contributed by atoms with E-state index in [4.69, 9.17) is 0 Å². The number of alkyl halides is 3. The molecule has 0 atom stereocenters. The molecule has 1 aliphatic rings. The Morgan fingerprint density at radius 1 is 1.07 bits per heavy atom. The molecule has 0 aromatic carbocycles. The van der Waals surface area contributed by atoms with Crippen LogP contribution in [0.4, 0.5) is 24.7 Å². The van der Waals surface area contributed by atoms with E-state index in [1.54, 1.807) is 4.52 Å². The van der Waals surface area contributed by atoms with Gasteiger partial charge in [0.1, 0.15) is 11.5 Å². The Morgan fingerprint density at radius 3 is 2.57 bits per heavy atom. The van der Waals surface area contributed by atoms with Crippen molar-refractivity contribution in [3.63, 3.8) is 0 Å². The molecule has 10 heteroatoms. The first-order valence-electron chi connectivity index (χ1n) is 8.65. The number of anilines is 2. The van der Waals surface area contributed by atoms with E-state index in [1.807, 2.05) is 30.9 Å². The van der Waals surface area contributed by atoms with Crippen molar-refractivity contribution in [3.8, 4) is 0 Å². The lowest BCUT2D eigenvalue weighted by atomic mass is 10.2. The molecule has 1 amide bonds. The van der Waals surface area contributed by atoms with Gasteiger partial charge in [0.25, 0.3) is 0 Å². The van der Waals surface area contributed by atoms with Crippen molar-refractivity contribution in [2.45, 2.75) is 20.0 Å². The largest absolute Gasteiger partial charge is 0.433 e. The third kappa shape index (κ3) is 3.25. The van der Waals surface area contributed by atoms with Crippen molar-refractivity contribution in [2.75, 3.05) is 29.4 Å². The number of amides is 1. The van der Waals surface area contributed by atoms with Crippen LogP contribution in [0.3, 0.4) is 0 Å². The fourth-order valence-electron chi connectivity index (χ4n) is 3.30. The number of halogens is 3. The van der Waals surface area contributed by atoms with Crippen molar-refractivity contribution in [3.05, 3.63) is 47.5 Å². The number of aromatic nitrogens is 4. The Labute approximate surface area is 158 Å². The van der Waals surface area contributed by atoms with Crippen LogP contribution in [-0.4, -0.2) is 45.1 Å². The van der Waals surface area contributed by atoms with Gasteiger partial charge in [0.05, 0.1) is 12.2 Å². The van der Waals surface area contributed by atoms with Gasteiger partial charge in [-0.2, -0.15) is 22.8 Å². The number of aryl methyl sites for hydroxylation is 2. The molecule has 1 fully saturated rings. The zero-order valence-corrected chi connectivity index (χ0v) is 15.2. The maximum absolute atomic E-state index is 12.9. The number of hydrogen-bond donors (Lipinski definition) is 0. The number of piperazine rings is 1. The van der Waals surface area contributed by atoms with Crippen LogP contribution >= 0.6 is 0 Å². The molecule has 4 rings (SSSR count). The molecule has 1 aliphatic heterocycles. The zero-order chi connectivity index (χ0) is 20.1. The average molecular weight is 390 g/mol. The fourth-order valence-corrected chi connectivity index (χ4v) is 3.30. The van der Waals surface area contributed by atoms with Gasteiger partial charge in [-0.3, -0.25) is 9.78 Å². The molecule has 0 N–H and O–H groups in total. The molecule has 0 spiro atoms. The maximum atomic E-state index is 12.9. The van der Waals surface area contributed by atoms with Crippen LogP contribution in [0.1, 0.15) is 17.1 Å². The highest BCUT2D eigenvalue weighted by Crippen LogP contribution is 2.30. The Hall–Kier alpha value is -3.17. The Kier molecular flexibility index (Phi) is 4.20. The van der Waals surface area contributed by atoms with Gasteiger partial charge in [0.2, 0.25) is 5.91 Å². The van der Waals surface area contributed by atoms with Crippen LogP contribution in [0.2, 0.25) is 0 Å². The summed E-state index contributed by atoms with van der Waals surface area (Å²) >= 11 is 0. The van der Waals surface area contributed by atoms with Gasteiger partial charge in [-0.1, -0.05) is 0 Å². The first kappa shape index (κ1) is 18.2. The van der Waals surface area contributed by atoms with Crippen molar-refractivity contribution >= 4 is 23.1 Å². The summed E-state index contributed by atoms with van der Waals surface area (Å²) in [6.07, 6.45) is -3.49. The highest BCUT2D eigenvalue weighted by atomic mass is 19.4. The third-order valence-corrected chi connectivity index (χ3v) is 4.55. The van der Waals surface area contributed by atoms with E-state index in [9.17, 15) is 18.0 Å². The van der Waals surface area contributed by atoms with E-state index >= 15 is 0 Å². The highest BCUT2D eigenvalue weighted by Gasteiger charge is 2.34. The lowest BCUT2D eigenvalue weighted by molar-refractivity contribution is -0.141. The number of hydrogen-bond acceptors (Lipinski definition) is 5. The van der Waals surface area contributed by atoms with Crippen LogP contribution in [0, 0.1) is 13.8 Å². The van der Waals surface area contributed by atoms with E-state index in [0.29, 0.717) is 12.2 Å². The summed E-state index contributed by atoms with van der Waals surface area (Å²) in [5.74, 6) is 0.436. The van der Waals surface area contributed by atoms with Gasteiger partial charge >= 0.3 is 6.18 Å². The molecule has 0 bridgehead atoms. The monoisotopic (exact) mass is 390 g/mol. The van der Waals surface area contributed by atoms with Crippen molar-refractivity contribution in [1.82, 2.24) is 19.6 Å². The number of carbonyl (C=O) groups is 1. The van der Waals surface area contributed by atoms with E-state index in [-0.39, 0.29) is 24.7 Å². The smallest absolute Gasteiger partial charge is 0.345 e. The SMILES string of the molecule is Cc1cc(N2CCN(c3ccnc(C(F)(F)F)c3)C(=O)C2)n2nc(C)cc2n1. The minimum absolute atomic E-state index is 0.0289. The Morgan fingerprint density at radius 2 is 1.86 bits per heavy atom. The predicted octanol–water partition coefficient (Wildman–Crippen LogP) is 2.61. The summed E-state index contributed by atoms with van der Waals surface area (Å²) in [6, 6.07) is 6.01. The topological polar surface area (TPSA) is 66.6 Å². The summed E-state index contributed by atoms with van der Waals surface area (Å²) < 4.78 is 40.4. The molecular weight excluding hydrogens is 373 g/mol. The fraction of sp³-hybridized carbons (Fsp3) is 0.333. The van der Waals surface area contributed by atoms with Crippen LogP contribution in [0.25, 0.3) is 5.65 Å². The van der Waals surface area contributed by atoms with Crippen molar-refractivity contribution in [2.24, 2.45) is 0 Å². The molecule has 28 heavy (non-hydrogen) atoms. The quantitative estimate of drug-likeness (QED) is 0.673. The first-order chi connectivity index (χ1) is 13.2. The zero-order valence-electron chi connectivity index (χ0n) is 15.2. The normalized spacial score (nSPS) is 15.5. The van der Waals surface area contributed by atoms with Gasteiger partial charge in [0, 0.05) is 42.8 Å². The average Bonchev–Trinajstić information content (AvgIpc) is 3.00. The van der Waals surface area contributed by atoms with Crippen LogP contribution < -0.4 is 9.80 Å².